The number of rotatable bonds is 11. The highest BCUT2D eigenvalue weighted by atomic mass is 35.5. The Labute approximate surface area is 205 Å². The normalized spacial score (nSPS) is 16.1. The van der Waals surface area contributed by atoms with Gasteiger partial charge in [-0.3, -0.25) is 4.79 Å². The van der Waals surface area contributed by atoms with Crippen molar-refractivity contribution in [3.63, 3.8) is 0 Å². The first-order chi connectivity index (χ1) is 15.5. The van der Waals surface area contributed by atoms with Crippen LogP contribution in [-0.4, -0.2) is 61.4 Å². The summed E-state index contributed by atoms with van der Waals surface area (Å²) in [4.78, 5) is 16.4. The van der Waals surface area contributed by atoms with Crippen molar-refractivity contribution in [2.45, 2.75) is 77.9 Å². The molecule has 2 heterocycles. The van der Waals surface area contributed by atoms with Crippen molar-refractivity contribution in [2.75, 3.05) is 33.9 Å². The van der Waals surface area contributed by atoms with Crippen LogP contribution in [-0.2, 0) is 17.7 Å². The Bertz CT molecular complexity index is 891. The number of aryl methyl sites for hydroxylation is 2. The van der Waals surface area contributed by atoms with Crippen LogP contribution in [0, 0.1) is 0 Å². The minimum Gasteiger partial charge on any atom is -0.495 e. The standard InChI is InChI=1S/C26H41N3O3.ClH/c1-6-11-21-22-13-9-14-23(32-5)24(22)28(16-7-8-17-31-4)25(21)26(30)29(19(2)3)20-12-10-15-27-18-20;/h9,13-14,19-20,27H,6-8,10-12,15-18H2,1-5H3;1H/t20-;/m1./s1. The van der Waals surface area contributed by atoms with Gasteiger partial charge in [0.15, 0.2) is 0 Å². The number of fused-ring (bicyclic) bond motifs is 1. The lowest BCUT2D eigenvalue weighted by molar-refractivity contribution is 0.0561. The van der Waals surface area contributed by atoms with E-state index in [4.69, 9.17) is 9.47 Å². The van der Waals surface area contributed by atoms with Crippen molar-refractivity contribution in [3.05, 3.63) is 29.5 Å². The third kappa shape index (κ3) is 6.03. The Morgan fingerprint density at radius 1 is 1.27 bits per heavy atom. The highest BCUT2D eigenvalue weighted by Gasteiger charge is 2.33. The van der Waals surface area contributed by atoms with E-state index in [9.17, 15) is 4.79 Å². The number of hydrogen-bond acceptors (Lipinski definition) is 4. The van der Waals surface area contributed by atoms with Crippen molar-refractivity contribution in [1.82, 2.24) is 14.8 Å². The lowest BCUT2D eigenvalue weighted by Gasteiger charge is -2.38. The molecule has 3 rings (SSSR count). The van der Waals surface area contributed by atoms with Crippen molar-refractivity contribution in [2.24, 2.45) is 0 Å². The number of unbranched alkanes of at least 4 members (excludes halogenated alkanes) is 1. The van der Waals surface area contributed by atoms with Crippen molar-refractivity contribution >= 4 is 29.2 Å². The molecule has 1 fully saturated rings. The predicted octanol–water partition coefficient (Wildman–Crippen LogP) is 5.05. The quantitative estimate of drug-likeness (QED) is 0.458. The molecule has 1 atom stereocenters. The molecule has 33 heavy (non-hydrogen) atoms. The first-order valence-electron chi connectivity index (χ1n) is 12.2. The fourth-order valence-electron chi connectivity index (χ4n) is 5.11. The van der Waals surface area contributed by atoms with Gasteiger partial charge in [-0.15, -0.1) is 12.4 Å². The van der Waals surface area contributed by atoms with Gasteiger partial charge < -0.3 is 24.3 Å². The van der Waals surface area contributed by atoms with Crippen molar-refractivity contribution in [3.8, 4) is 5.75 Å². The van der Waals surface area contributed by atoms with Gasteiger partial charge in [-0.1, -0.05) is 25.5 Å². The van der Waals surface area contributed by atoms with E-state index in [1.54, 1.807) is 14.2 Å². The molecule has 186 valence electrons. The van der Waals surface area contributed by atoms with Gasteiger partial charge in [-0.05, 0) is 64.1 Å². The fraction of sp³-hybridized carbons (Fsp3) is 0.654. The van der Waals surface area contributed by atoms with Crippen LogP contribution in [0.4, 0.5) is 0 Å². The molecular weight excluding hydrogens is 438 g/mol. The van der Waals surface area contributed by atoms with E-state index < -0.39 is 0 Å². The van der Waals surface area contributed by atoms with E-state index >= 15 is 0 Å². The SMILES string of the molecule is CCCc1c(C(=O)N(C(C)C)[C@@H]2CCCNC2)n(CCCCOC)c2c(OC)cccc12.Cl. The number of benzene rings is 1. The number of para-hydroxylation sites is 1. The second kappa shape index (κ2) is 13.2. The molecule has 6 nitrogen and oxygen atoms in total. The maximum atomic E-state index is 14.3. The van der Waals surface area contributed by atoms with E-state index in [0.717, 1.165) is 92.7 Å². The zero-order valence-corrected chi connectivity index (χ0v) is 21.8. The van der Waals surface area contributed by atoms with Gasteiger partial charge in [0.1, 0.15) is 11.4 Å². The predicted molar refractivity (Wildman–Crippen MR) is 138 cm³/mol. The monoisotopic (exact) mass is 479 g/mol. The summed E-state index contributed by atoms with van der Waals surface area (Å²) in [6.45, 7) is 9.87. The zero-order valence-electron chi connectivity index (χ0n) is 21.0. The molecule has 1 aromatic carbocycles. The number of carbonyl (C=O) groups is 1. The fourth-order valence-corrected chi connectivity index (χ4v) is 5.11. The average Bonchev–Trinajstić information content (AvgIpc) is 3.11. The number of carbonyl (C=O) groups excluding carboxylic acids is 1. The first-order valence-corrected chi connectivity index (χ1v) is 12.2. The van der Waals surface area contributed by atoms with Gasteiger partial charge in [0.05, 0.1) is 12.6 Å². The molecule has 2 aromatic rings. The minimum absolute atomic E-state index is 0. The lowest BCUT2D eigenvalue weighted by Crippen LogP contribution is -2.52. The van der Waals surface area contributed by atoms with Gasteiger partial charge in [0, 0.05) is 44.3 Å². The number of nitrogens with one attached hydrogen (secondary N) is 1. The molecule has 0 aliphatic carbocycles. The molecule has 0 unspecified atom stereocenters. The van der Waals surface area contributed by atoms with Crippen LogP contribution in [0.15, 0.2) is 18.2 Å². The largest absolute Gasteiger partial charge is 0.495 e. The van der Waals surface area contributed by atoms with Crippen LogP contribution in [0.3, 0.4) is 0 Å². The molecule has 0 radical (unpaired) electrons. The van der Waals surface area contributed by atoms with Gasteiger partial charge >= 0.3 is 0 Å². The van der Waals surface area contributed by atoms with E-state index in [2.05, 4.69) is 41.6 Å². The third-order valence-corrected chi connectivity index (χ3v) is 6.51. The van der Waals surface area contributed by atoms with Gasteiger partial charge in [-0.25, -0.2) is 0 Å². The molecule has 0 bridgehead atoms. The van der Waals surface area contributed by atoms with E-state index in [-0.39, 0.29) is 30.4 Å². The van der Waals surface area contributed by atoms with E-state index in [0.29, 0.717) is 0 Å². The van der Waals surface area contributed by atoms with Crippen LogP contribution >= 0.6 is 12.4 Å². The number of methoxy groups -OCH3 is 2. The molecule has 7 heteroatoms. The van der Waals surface area contributed by atoms with Crippen LogP contribution in [0.2, 0.25) is 0 Å². The highest BCUT2D eigenvalue weighted by Crippen LogP contribution is 2.35. The van der Waals surface area contributed by atoms with Gasteiger partial charge in [-0.2, -0.15) is 0 Å². The number of ether oxygens (including phenoxy) is 2. The Hall–Kier alpha value is -1.76. The maximum absolute atomic E-state index is 14.3. The maximum Gasteiger partial charge on any atom is 0.271 e. The summed E-state index contributed by atoms with van der Waals surface area (Å²) < 4.78 is 13.3. The Morgan fingerprint density at radius 3 is 2.67 bits per heavy atom. The van der Waals surface area contributed by atoms with Crippen LogP contribution in [0.1, 0.15) is 68.9 Å². The number of nitrogens with zero attached hydrogens (tertiary/aromatic N) is 2. The van der Waals surface area contributed by atoms with E-state index in [1.807, 2.05) is 12.1 Å². The van der Waals surface area contributed by atoms with Gasteiger partial charge in [0.2, 0.25) is 0 Å². The first kappa shape index (κ1) is 27.5. The molecule has 1 amide bonds. The van der Waals surface area contributed by atoms with Crippen LogP contribution in [0.25, 0.3) is 10.9 Å². The molecule has 1 aromatic heterocycles. The summed E-state index contributed by atoms with van der Waals surface area (Å²) in [5.41, 5.74) is 3.06. The smallest absolute Gasteiger partial charge is 0.271 e. The molecular formula is C26H42ClN3O3. The second-order valence-electron chi connectivity index (χ2n) is 9.09. The third-order valence-electron chi connectivity index (χ3n) is 6.51. The highest BCUT2D eigenvalue weighted by molar-refractivity contribution is 6.03. The van der Waals surface area contributed by atoms with Crippen LogP contribution < -0.4 is 10.1 Å². The second-order valence-corrected chi connectivity index (χ2v) is 9.09. The molecule has 1 saturated heterocycles. The lowest BCUT2D eigenvalue weighted by atomic mass is 10.0. The Balaban J connectivity index is 0.00000385. The molecule has 1 N–H and O–H groups in total. The summed E-state index contributed by atoms with van der Waals surface area (Å²) in [6, 6.07) is 6.56. The summed E-state index contributed by atoms with van der Waals surface area (Å²) in [6.07, 6.45) is 5.95. The van der Waals surface area contributed by atoms with Crippen molar-refractivity contribution < 1.29 is 14.3 Å². The van der Waals surface area contributed by atoms with Crippen molar-refractivity contribution in [1.29, 1.82) is 0 Å². The molecule has 0 spiro atoms. The number of aromatic nitrogens is 1. The Morgan fingerprint density at radius 2 is 2.06 bits per heavy atom. The summed E-state index contributed by atoms with van der Waals surface area (Å²) in [7, 11) is 3.45. The average molecular weight is 480 g/mol. The Kier molecular flexibility index (Phi) is 11.0. The number of hydrogen-bond donors (Lipinski definition) is 1. The van der Waals surface area contributed by atoms with Crippen LogP contribution in [0.5, 0.6) is 5.75 Å². The van der Waals surface area contributed by atoms with Gasteiger partial charge in [0.25, 0.3) is 5.91 Å². The number of halogens is 1. The summed E-state index contributed by atoms with van der Waals surface area (Å²) in [5.74, 6) is 0.989. The number of amides is 1. The molecule has 1 aliphatic heterocycles. The minimum atomic E-state index is 0. The number of piperidine rings is 1. The zero-order chi connectivity index (χ0) is 23.1. The molecule has 0 saturated carbocycles. The van der Waals surface area contributed by atoms with E-state index in [1.165, 1.54) is 0 Å². The topological polar surface area (TPSA) is 55.7 Å². The summed E-state index contributed by atoms with van der Waals surface area (Å²) >= 11 is 0. The summed E-state index contributed by atoms with van der Waals surface area (Å²) in [5, 5.41) is 4.63. The molecule has 1 aliphatic rings.